The minimum atomic E-state index is -2.19. The maximum atomic E-state index is 8.93. The molecule has 7 heteroatoms. The van der Waals surface area contributed by atoms with Crippen molar-refractivity contribution in [3.63, 3.8) is 0 Å². The van der Waals surface area contributed by atoms with E-state index in [0.29, 0.717) is 0 Å². The molecule has 0 aliphatic rings. The Morgan fingerprint density at radius 3 is 1.11 bits per heavy atom. The molecule has 0 aromatic carbocycles. The monoisotopic (exact) mass is 488 g/mol. The van der Waals surface area contributed by atoms with E-state index in [4.69, 9.17) is 19.8 Å². The van der Waals surface area contributed by atoms with Gasteiger partial charge in [0.25, 0.3) is 0 Å². The van der Waals surface area contributed by atoms with Crippen molar-refractivity contribution in [3.8, 4) is 0 Å². The second kappa shape index (κ2) is 13.5. The van der Waals surface area contributed by atoms with Gasteiger partial charge in [-0.3, -0.25) is 0 Å². The average Bonchev–Trinajstić information content (AvgIpc) is 1.36. The molecular formula is C2EuGdO4Y+7. The maximum absolute atomic E-state index is 8.93. The fraction of sp³-hybridized carbons (Fsp3) is 0. The number of carboxylic acids is 2. The van der Waals surface area contributed by atoms with Crippen LogP contribution in [0.1, 0.15) is 0 Å². The van der Waals surface area contributed by atoms with Crippen LogP contribution in [-0.4, -0.2) is 11.9 Å². The molecule has 0 atom stereocenters. The minimum absolute atomic E-state index is 0. The van der Waals surface area contributed by atoms with Crippen molar-refractivity contribution >= 4 is 11.9 Å². The van der Waals surface area contributed by atoms with Crippen LogP contribution in [-0.2, 0) is 42.3 Å². The van der Waals surface area contributed by atoms with E-state index < -0.39 is 11.9 Å². The second-order valence-corrected chi connectivity index (χ2v) is 0.575. The predicted molar refractivity (Wildman–Crippen MR) is 10.0 cm³/mol. The summed E-state index contributed by atoms with van der Waals surface area (Å²) in [6, 6.07) is 0. The van der Waals surface area contributed by atoms with Gasteiger partial charge in [0, 0.05) is 0 Å². The molecule has 0 fully saturated rings. The first-order valence-corrected chi connectivity index (χ1v) is 1.07. The number of rotatable bonds is 0. The molecule has 0 aliphatic carbocycles. The van der Waals surface area contributed by atoms with Crippen LogP contribution < -0.4 is 10.2 Å². The van der Waals surface area contributed by atoms with E-state index in [1.165, 1.54) is 0 Å². The summed E-state index contributed by atoms with van der Waals surface area (Å²) in [5.41, 5.74) is 0. The Kier molecular flexibility index (Phi) is 34.1. The summed E-state index contributed by atoms with van der Waals surface area (Å²) in [6.07, 6.45) is 0. The number of carbonyl (C=O) groups is 2. The Bertz CT molecular complexity index is 84.6. The zero-order chi connectivity index (χ0) is 5.15. The van der Waals surface area contributed by atoms with Crippen LogP contribution in [0.5, 0.6) is 0 Å². The SMILES string of the molecule is O=C([O-])C(=O)[O-].[Eu+3].[Gd+3].[Y+3]. The summed E-state index contributed by atoms with van der Waals surface area (Å²) in [5, 5.41) is 17.9. The van der Waals surface area contributed by atoms with Gasteiger partial charge in [0.1, 0.15) is 0 Å². The molecule has 0 aromatic rings. The number of hydrogen-bond acceptors (Lipinski definition) is 4. The fourth-order valence-electron chi connectivity index (χ4n) is 0. The maximum Gasteiger partial charge on any atom is 3.00 e. The van der Waals surface area contributed by atoms with E-state index in [1.807, 2.05) is 0 Å². The van der Waals surface area contributed by atoms with Gasteiger partial charge in [-0.05, 0) is 0 Å². The summed E-state index contributed by atoms with van der Waals surface area (Å²) in [4.78, 5) is 17.9. The van der Waals surface area contributed by atoms with Crippen molar-refractivity contribution in [1.29, 1.82) is 0 Å². The largest absolute Gasteiger partial charge is 3.00 e. The molecule has 0 heterocycles. The molecule has 0 bridgehead atoms. The van der Waals surface area contributed by atoms with E-state index in [9.17, 15) is 0 Å². The van der Waals surface area contributed by atoms with Crippen LogP contribution in [0, 0.1) is 89.3 Å². The van der Waals surface area contributed by atoms with E-state index in [-0.39, 0.29) is 122 Å². The first-order valence-electron chi connectivity index (χ1n) is 1.07. The normalized spacial score (nSPS) is 4.89. The van der Waals surface area contributed by atoms with Crippen molar-refractivity contribution in [2.24, 2.45) is 0 Å². The molecule has 0 saturated carbocycles. The Morgan fingerprint density at radius 1 is 1.00 bits per heavy atom. The average molecular weight is 486 g/mol. The van der Waals surface area contributed by atoms with Gasteiger partial charge in [-0.1, -0.05) is 0 Å². The summed E-state index contributed by atoms with van der Waals surface area (Å²) in [5.74, 6) is -4.37. The van der Waals surface area contributed by atoms with Crippen LogP contribution in [0.25, 0.3) is 0 Å². The van der Waals surface area contributed by atoms with E-state index >= 15 is 0 Å². The van der Waals surface area contributed by atoms with E-state index in [1.54, 1.807) is 0 Å². The zero-order valence-electron chi connectivity index (χ0n) is 3.94. The Hall–Kier alpha value is 2.95. The zero-order valence-corrected chi connectivity index (χ0v) is 11.5. The Balaban J connectivity index is -0.0000000417. The molecule has 4 nitrogen and oxygen atoms in total. The molecule has 0 aliphatic heterocycles. The van der Waals surface area contributed by atoms with Crippen molar-refractivity contribution in [2.75, 3.05) is 0 Å². The van der Waals surface area contributed by atoms with Gasteiger partial charge < -0.3 is 19.8 Å². The summed E-state index contributed by atoms with van der Waals surface area (Å²) in [7, 11) is 0. The Labute approximate surface area is 150 Å². The Morgan fingerprint density at radius 2 is 1.11 bits per heavy atom. The van der Waals surface area contributed by atoms with Gasteiger partial charge in [0.05, 0.1) is 11.9 Å². The molecule has 0 spiro atoms. The number of hydrogen-bond donors (Lipinski definition) is 0. The van der Waals surface area contributed by atoms with Gasteiger partial charge >= 0.3 is 122 Å². The summed E-state index contributed by atoms with van der Waals surface area (Å²) < 4.78 is 0. The van der Waals surface area contributed by atoms with Gasteiger partial charge in [-0.15, -0.1) is 0 Å². The van der Waals surface area contributed by atoms with E-state index in [2.05, 4.69) is 0 Å². The molecule has 1 radical (unpaired) electrons. The number of carbonyl (C=O) groups excluding carboxylic acids is 2. The third-order valence-electron chi connectivity index (χ3n) is 0.167. The quantitative estimate of drug-likeness (QED) is 0.333. The standard InChI is InChI=1S/C2H2O4.Eu.Gd.Y/c3-1(4)2(5)6;;;/h(H,3,4)(H,5,6);;;/q;3*+3/p-2. The topological polar surface area (TPSA) is 80.3 Å². The second-order valence-electron chi connectivity index (χ2n) is 0.575. The van der Waals surface area contributed by atoms with Gasteiger partial charge in [0.15, 0.2) is 0 Å². The molecule has 0 amide bonds. The first-order chi connectivity index (χ1) is 2.64. The number of aliphatic carboxylic acids is 2. The third kappa shape index (κ3) is 18.2. The van der Waals surface area contributed by atoms with Crippen molar-refractivity contribution in [3.05, 3.63) is 0 Å². The smallest absolute Gasteiger partial charge is 0.543 e. The van der Waals surface area contributed by atoms with Crippen molar-refractivity contribution in [1.82, 2.24) is 0 Å². The van der Waals surface area contributed by atoms with Gasteiger partial charge in [0.2, 0.25) is 0 Å². The van der Waals surface area contributed by atoms with Crippen LogP contribution in [0.4, 0.5) is 0 Å². The molecule has 9 heavy (non-hydrogen) atoms. The summed E-state index contributed by atoms with van der Waals surface area (Å²) in [6.45, 7) is 0. The molecule has 0 saturated heterocycles. The van der Waals surface area contributed by atoms with Gasteiger partial charge in [-0.2, -0.15) is 0 Å². The van der Waals surface area contributed by atoms with Crippen molar-refractivity contribution < 1.29 is 142 Å². The van der Waals surface area contributed by atoms with Crippen molar-refractivity contribution in [2.45, 2.75) is 0 Å². The van der Waals surface area contributed by atoms with Crippen LogP contribution in [0.15, 0.2) is 0 Å². The van der Waals surface area contributed by atoms with E-state index in [0.717, 1.165) is 0 Å². The fourth-order valence-corrected chi connectivity index (χ4v) is 0. The molecular weight excluding hydrogens is 486 g/mol. The molecule has 0 N–H and O–H groups in total. The van der Waals surface area contributed by atoms with Crippen LogP contribution in [0.2, 0.25) is 0 Å². The molecule has 0 unspecified atom stereocenters. The number of carboxylic acid groups (broad SMARTS) is 2. The summed E-state index contributed by atoms with van der Waals surface area (Å²) >= 11 is 0. The van der Waals surface area contributed by atoms with Crippen LogP contribution in [0.3, 0.4) is 0 Å². The van der Waals surface area contributed by atoms with Gasteiger partial charge in [-0.25, -0.2) is 0 Å². The van der Waals surface area contributed by atoms with Crippen LogP contribution >= 0.6 is 0 Å². The molecule has 0 rings (SSSR count). The molecule has 0 aromatic heterocycles. The third-order valence-corrected chi connectivity index (χ3v) is 0.167. The predicted octanol–water partition coefficient (Wildman–Crippen LogP) is -3.52. The minimum Gasteiger partial charge on any atom is -0.543 e. The first kappa shape index (κ1) is 22.7. The molecule has 43 valence electrons.